The maximum atomic E-state index is 11.6. The van der Waals surface area contributed by atoms with E-state index >= 15 is 0 Å². The maximum absolute atomic E-state index is 11.6. The Labute approximate surface area is 501 Å². The summed E-state index contributed by atoms with van der Waals surface area (Å²) in [4.78, 5) is 45.9. The third-order valence-corrected chi connectivity index (χ3v) is 14.4. The third-order valence-electron chi connectivity index (χ3n) is 14.4. The molecular weight excluding hydrogens is 1040 g/mol. The molecule has 0 saturated heterocycles. The van der Waals surface area contributed by atoms with Gasteiger partial charge in [-0.15, -0.1) is 0 Å². The number of carbonyl (C=O) groups is 4. The standard InChI is InChI=1S/C14H20O3.C13H18O3.C13H18O2.C12H16O2.C11H16.C10H14/c1-4-14(2,3)13(15)17-11-10-16-12-8-6-5-7-9-12;1-3-11(2)13(14)16-10-9-15-12-7-5-4-6-8-12;1-4-13(2,3)12(14)15-10-11-8-6-5-7-9-11;1-3-10(2)12(13)14-9-11-7-5-4-6-8-11;1-4-11(2,3)10-8-6-5-7-9-10;1-3-9(2)10-7-5-4-6-8-10/h5-9H,4,10-11H2,1-3H3;4-8,11H,3,9-10H2,1-2H3;5-9H,4,10H2,1-3H3;4-8,10H,3,9H2,1-2H3;5-9H,4H2,1-3H3;4-9H,3H2,1-2H3. The second kappa shape index (κ2) is 42.6. The van der Waals surface area contributed by atoms with E-state index in [4.69, 9.17) is 28.4 Å². The molecule has 3 unspecified atom stereocenters. The molecule has 83 heavy (non-hydrogen) atoms. The van der Waals surface area contributed by atoms with Crippen LogP contribution in [0.25, 0.3) is 0 Å². The van der Waals surface area contributed by atoms with Gasteiger partial charge in [-0.3, -0.25) is 19.2 Å². The quantitative estimate of drug-likeness (QED) is 0.0329. The second-order valence-electron chi connectivity index (χ2n) is 22.2. The van der Waals surface area contributed by atoms with Crippen molar-refractivity contribution in [1.29, 1.82) is 0 Å². The Kier molecular flexibility index (Phi) is 37.9. The number of ether oxygens (including phenoxy) is 6. The Balaban J connectivity index is 0.000000502. The normalized spacial score (nSPS) is 11.7. The Hall–Kier alpha value is -7.20. The first kappa shape index (κ1) is 73.8. The summed E-state index contributed by atoms with van der Waals surface area (Å²) < 4.78 is 31.4. The minimum Gasteiger partial charge on any atom is -0.490 e. The SMILES string of the molecule is CCC(C)(C)C(=O)OCCOc1ccccc1.CCC(C)(C)C(=O)OCc1ccccc1.CCC(C)(C)c1ccccc1.CCC(C)C(=O)OCCOc1ccccc1.CCC(C)C(=O)OCc1ccccc1.CCC(C)c1ccccc1. The highest BCUT2D eigenvalue weighted by Crippen LogP contribution is 2.26. The van der Waals surface area contributed by atoms with Crippen LogP contribution in [-0.2, 0) is 56.8 Å². The van der Waals surface area contributed by atoms with E-state index in [0.29, 0.717) is 44.4 Å². The summed E-state index contributed by atoms with van der Waals surface area (Å²) in [5.74, 6) is 1.69. The number of rotatable bonds is 24. The molecule has 0 aliphatic heterocycles. The van der Waals surface area contributed by atoms with Crippen molar-refractivity contribution in [2.45, 2.75) is 167 Å². The first-order valence-electron chi connectivity index (χ1n) is 29.8. The van der Waals surface area contributed by atoms with Gasteiger partial charge in [0, 0.05) is 0 Å². The Morgan fingerprint density at radius 1 is 0.373 bits per heavy atom. The lowest BCUT2D eigenvalue weighted by Gasteiger charge is -2.22. The molecule has 454 valence electrons. The van der Waals surface area contributed by atoms with Gasteiger partial charge < -0.3 is 28.4 Å². The fraction of sp³-hybridized carbons (Fsp3) is 0.452. The summed E-state index contributed by atoms with van der Waals surface area (Å²) in [6.07, 6.45) is 5.61. The van der Waals surface area contributed by atoms with Crippen LogP contribution >= 0.6 is 0 Å². The van der Waals surface area contributed by atoms with Gasteiger partial charge in [0.05, 0.1) is 22.7 Å². The number of carbonyl (C=O) groups excluding carboxylic acids is 4. The lowest BCUT2D eigenvalue weighted by molar-refractivity contribution is -0.156. The third kappa shape index (κ3) is 32.9. The fourth-order valence-corrected chi connectivity index (χ4v) is 6.49. The Morgan fingerprint density at radius 3 is 1.08 bits per heavy atom. The maximum Gasteiger partial charge on any atom is 0.311 e. The molecule has 0 radical (unpaired) electrons. The monoisotopic (exact) mass is 1140 g/mol. The minimum atomic E-state index is -0.410. The average molecular weight is 1140 g/mol. The van der Waals surface area contributed by atoms with Gasteiger partial charge in [-0.1, -0.05) is 234 Å². The summed E-state index contributed by atoms with van der Waals surface area (Å²) in [5, 5.41) is 0. The van der Waals surface area contributed by atoms with Crippen molar-refractivity contribution in [3.8, 4) is 11.5 Å². The molecule has 6 rings (SSSR count). The van der Waals surface area contributed by atoms with Crippen LogP contribution in [-0.4, -0.2) is 50.3 Å². The Morgan fingerprint density at radius 2 is 0.711 bits per heavy atom. The van der Waals surface area contributed by atoms with Crippen LogP contribution in [0, 0.1) is 22.7 Å². The molecule has 0 bridgehead atoms. The van der Waals surface area contributed by atoms with Gasteiger partial charge in [-0.25, -0.2) is 0 Å². The number of hydrogen-bond donors (Lipinski definition) is 0. The fourth-order valence-electron chi connectivity index (χ4n) is 6.49. The van der Waals surface area contributed by atoms with E-state index in [-0.39, 0.29) is 47.7 Å². The summed E-state index contributed by atoms with van der Waals surface area (Å²) >= 11 is 0. The van der Waals surface area contributed by atoms with Crippen molar-refractivity contribution in [1.82, 2.24) is 0 Å². The second-order valence-corrected chi connectivity index (χ2v) is 22.2. The average Bonchev–Trinajstić information content (AvgIpc) is 3.53. The molecule has 0 N–H and O–H groups in total. The van der Waals surface area contributed by atoms with Crippen LogP contribution in [0.4, 0.5) is 0 Å². The van der Waals surface area contributed by atoms with E-state index < -0.39 is 5.41 Å². The topological polar surface area (TPSA) is 124 Å². The van der Waals surface area contributed by atoms with E-state index in [0.717, 1.165) is 48.3 Å². The summed E-state index contributed by atoms with van der Waals surface area (Å²) in [6, 6.07) is 59.7. The molecule has 6 aromatic rings. The predicted molar refractivity (Wildman–Crippen MR) is 340 cm³/mol. The van der Waals surface area contributed by atoms with E-state index in [1.165, 1.54) is 24.0 Å². The highest BCUT2D eigenvalue weighted by molar-refractivity contribution is 5.76. The Bertz CT molecular complexity index is 2570. The zero-order chi connectivity index (χ0) is 61.9. The molecule has 0 aromatic heterocycles. The zero-order valence-corrected chi connectivity index (χ0v) is 53.1. The summed E-state index contributed by atoms with van der Waals surface area (Å²) in [5.41, 5.74) is 4.48. The predicted octanol–water partition coefficient (Wildman–Crippen LogP) is 18.2. The largest absolute Gasteiger partial charge is 0.490 e. The molecule has 0 heterocycles. The number of esters is 4. The molecule has 0 saturated carbocycles. The van der Waals surface area contributed by atoms with Crippen LogP contribution < -0.4 is 9.47 Å². The molecule has 10 nitrogen and oxygen atoms in total. The summed E-state index contributed by atoms with van der Waals surface area (Å²) in [6.45, 7) is 32.6. The van der Waals surface area contributed by atoms with Crippen LogP contribution in [0.15, 0.2) is 182 Å². The lowest BCUT2D eigenvalue weighted by Crippen LogP contribution is -2.27. The first-order chi connectivity index (χ1) is 39.6. The van der Waals surface area contributed by atoms with E-state index in [2.05, 4.69) is 95.3 Å². The van der Waals surface area contributed by atoms with Gasteiger partial charge in [0.15, 0.2) is 0 Å². The molecule has 3 atom stereocenters. The van der Waals surface area contributed by atoms with Gasteiger partial charge in [0.25, 0.3) is 0 Å². The van der Waals surface area contributed by atoms with Gasteiger partial charge in [-0.05, 0) is 124 Å². The molecule has 0 amide bonds. The van der Waals surface area contributed by atoms with Crippen molar-refractivity contribution < 1.29 is 47.6 Å². The van der Waals surface area contributed by atoms with Crippen molar-refractivity contribution in [3.05, 3.63) is 204 Å². The number of benzene rings is 6. The molecule has 6 aromatic carbocycles. The van der Waals surface area contributed by atoms with Crippen LogP contribution in [0.2, 0.25) is 0 Å². The van der Waals surface area contributed by atoms with E-state index in [1.807, 2.05) is 191 Å². The lowest BCUT2D eigenvalue weighted by atomic mass is 9.82. The van der Waals surface area contributed by atoms with E-state index in [9.17, 15) is 19.2 Å². The highest BCUT2D eigenvalue weighted by atomic mass is 16.6. The zero-order valence-electron chi connectivity index (χ0n) is 53.1. The van der Waals surface area contributed by atoms with Gasteiger partial charge in [-0.2, -0.15) is 0 Å². The van der Waals surface area contributed by atoms with Gasteiger partial charge >= 0.3 is 23.9 Å². The molecule has 0 aliphatic carbocycles. The molecule has 0 spiro atoms. The highest BCUT2D eigenvalue weighted by Gasteiger charge is 2.28. The smallest absolute Gasteiger partial charge is 0.311 e. The van der Waals surface area contributed by atoms with Gasteiger partial charge in [0.2, 0.25) is 0 Å². The van der Waals surface area contributed by atoms with Crippen LogP contribution in [0.5, 0.6) is 11.5 Å². The van der Waals surface area contributed by atoms with Crippen molar-refractivity contribution in [2.24, 2.45) is 22.7 Å². The van der Waals surface area contributed by atoms with Crippen LogP contribution in [0.3, 0.4) is 0 Å². The van der Waals surface area contributed by atoms with Crippen molar-refractivity contribution in [3.63, 3.8) is 0 Å². The van der Waals surface area contributed by atoms with Crippen molar-refractivity contribution >= 4 is 23.9 Å². The van der Waals surface area contributed by atoms with E-state index in [1.54, 1.807) is 0 Å². The minimum absolute atomic E-state index is 0.00119. The summed E-state index contributed by atoms with van der Waals surface area (Å²) in [7, 11) is 0. The molecular formula is C73H102O10. The van der Waals surface area contributed by atoms with Crippen LogP contribution in [0.1, 0.15) is 171 Å². The van der Waals surface area contributed by atoms with Crippen molar-refractivity contribution in [2.75, 3.05) is 26.4 Å². The number of hydrogen-bond acceptors (Lipinski definition) is 10. The number of para-hydroxylation sites is 2. The first-order valence-corrected chi connectivity index (χ1v) is 29.8. The van der Waals surface area contributed by atoms with Gasteiger partial charge in [0.1, 0.15) is 51.1 Å². The molecule has 10 heteroatoms. The molecule has 0 aliphatic rings. The molecule has 0 fully saturated rings.